The molecule has 0 radical (unpaired) electrons. The van der Waals surface area contributed by atoms with Gasteiger partial charge in [0.1, 0.15) is 5.75 Å². The maximum atomic E-state index is 14.3. The molecule has 1 aliphatic heterocycles. The fraction of sp³-hybridized carbons (Fsp3) is 0.0909. The van der Waals surface area contributed by atoms with Crippen LogP contribution in [0, 0.1) is 0 Å². The molecule has 186 valence electrons. The summed E-state index contributed by atoms with van der Waals surface area (Å²) in [6, 6.07) is 38.0. The van der Waals surface area contributed by atoms with Gasteiger partial charge < -0.3 is 10.1 Å². The van der Waals surface area contributed by atoms with Crippen molar-refractivity contribution in [1.82, 2.24) is 5.32 Å². The largest absolute Gasteiger partial charge is 0.424 e. The number of benzene rings is 5. The highest BCUT2D eigenvalue weighted by Crippen LogP contribution is 2.48. The van der Waals surface area contributed by atoms with Crippen LogP contribution >= 0.6 is 11.6 Å². The summed E-state index contributed by atoms with van der Waals surface area (Å²) in [7, 11) is 0. The predicted molar refractivity (Wildman–Crippen MR) is 150 cm³/mol. The zero-order chi connectivity index (χ0) is 26.1. The third-order valence-electron chi connectivity index (χ3n) is 7.17. The zero-order valence-corrected chi connectivity index (χ0v) is 21.2. The van der Waals surface area contributed by atoms with Crippen LogP contribution in [0.4, 0.5) is 0 Å². The van der Waals surface area contributed by atoms with Crippen LogP contribution in [0.25, 0.3) is 10.8 Å². The fourth-order valence-electron chi connectivity index (χ4n) is 5.41. The maximum Gasteiger partial charge on any atom is 0.338 e. The highest BCUT2D eigenvalue weighted by atomic mass is 35.5. The second-order valence-corrected chi connectivity index (χ2v) is 9.97. The first-order chi connectivity index (χ1) is 18.5. The van der Waals surface area contributed by atoms with E-state index in [1.807, 2.05) is 84.9 Å². The van der Waals surface area contributed by atoms with E-state index in [-0.39, 0.29) is 12.3 Å². The summed E-state index contributed by atoms with van der Waals surface area (Å²) in [5, 5.41) is 5.58. The summed E-state index contributed by atoms with van der Waals surface area (Å²) < 4.78 is 6.17. The van der Waals surface area contributed by atoms with Gasteiger partial charge in [-0.25, -0.2) is 4.79 Å². The number of hydrogen-bond acceptors (Lipinski definition) is 3. The number of halogens is 1. The molecule has 38 heavy (non-hydrogen) atoms. The van der Waals surface area contributed by atoms with E-state index in [1.165, 1.54) is 0 Å². The number of ether oxygens (including phenoxy) is 1. The Hall–Kier alpha value is -4.41. The number of carbonyl (C=O) groups excluding carboxylic acids is 2. The van der Waals surface area contributed by atoms with Gasteiger partial charge in [-0.15, -0.1) is 0 Å². The Bertz CT molecular complexity index is 1630. The first-order valence-electron chi connectivity index (χ1n) is 12.5. The second-order valence-electron chi connectivity index (χ2n) is 9.53. The van der Waals surface area contributed by atoms with E-state index in [4.69, 9.17) is 16.3 Å². The van der Waals surface area contributed by atoms with Gasteiger partial charge in [-0.1, -0.05) is 109 Å². The molecular formula is C33H24ClNO3. The first-order valence-corrected chi connectivity index (χ1v) is 12.8. The van der Waals surface area contributed by atoms with E-state index in [1.54, 1.807) is 36.4 Å². The van der Waals surface area contributed by atoms with Gasteiger partial charge in [0, 0.05) is 33.9 Å². The molecule has 0 bridgehead atoms. The molecule has 4 nitrogen and oxygen atoms in total. The van der Waals surface area contributed by atoms with Crippen LogP contribution in [0.15, 0.2) is 121 Å². The van der Waals surface area contributed by atoms with Gasteiger partial charge in [0.2, 0.25) is 0 Å². The highest BCUT2D eigenvalue weighted by Gasteiger charge is 2.54. The first kappa shape index (κ1) is 24.0. The molecule has 5 aromatic carbocycles. The number of amides is 1. The van der Waals surface area contributed by atoms with E-state index in [2.05, 4.69) is 5.32 Å². The minimum atomic E-state index is -1.42. The van der Waals surface area contributed by atoms with Gasteiger partial charge in [0.15, 0.2) is 5.54 Å². The van der Waals surface area contributed by atoms with Crippen LogP contribution in [0.3, 0.4) is 0 Å². The number of fused-ring (bicyclic) bond motifs is 3. The lowest BCUT2D eigenvalue weighted by Gasteiger charge is -2.44. The molecule has 0 fully saturated rings. The molecule has 0 aliphatic carbocycles. The minimum Gasteiger partial charge on any atom is -0.424 e. The van der Waals surface area contributed by atoms with Gasteiger partial charge in [0.05, 0.1) is 0 Å². The number of hydrogen-bond donors (Lipinski definition) is 1. The molecule has 0 aromatic heterocycles. The molecule has 5 aromatic rings. The topological polar surface area (TPSA) is 55.4 Å². The Morgan fingerprint density at radius 3 is 2.18 bits per heavy atom. The van der Waals surface area contributed by atoms with Crippen molar-refractivity contribution >= 4 is 34.2 Å². The third-order valence-corrected chi connectivity index (χ3v) is 7.43. The molecule has 2 atom stereocenters. The lowest BCUT2D eigenvalue weighted by Crippen LogP contribution is -2.63. The van der Waals surface area contributed by atoms with E-state index in [0.29, 0.717) is 16.3 Å². The third kappa shape index (κ3) is 4.23. The smallest absolute Gasteiger partial charge is 0.338 e. The van der Waals surface area contributed by atoms with Crippen molar-refractivity contribution in [2.45, 2.75) is 17.9 Å². The predicted octanol–water partition coefficient (Wildman–Crippen LogP) is 6.96. The van der Waals surface area contributed by atoms with Gasteiger partial charge >= 0.3 is 5.97 Å². The number of esters is 1. The second kappa shape index (κ2) is 9.81. The lowest BCUT2D eigenvalue weighted by atomic mass is 9.69. The Morgan fingerprint density at radius 1 is 0.789 bits per heavy atom. The molecule has 0 saturated carbocycles. The number of rotatable bonds is 5. The van der Waals surface area contributed by atoms with E-state index in [0.717, 1.165) is 27.5 Å². The summed E-state index contributed by atoms with van der Waals surface area (Å²) >= 11 is 6.17. The zero-order valence-electron chi connectivity index (χ0n) is 20.4. The van der Waals surface area contributed by atoms with Crippen molar-refractivity contribution in [2.24, 2.45) is 0 Å². The standard InChI is InChI=1S/C33H24ClNO3/c34-26-18-15-22(16-19-26)21-33(35-31(36)25-12-5-2-6-13-25)29(24-10-3-1-4-11-24)28-20-17-23-9-7-8-14-27(23)30(28)38-32(33)37/h1-20,29H,21H2,(H,35,36)/t29-,33-/m0/s1. The molecule has 1 N–H and O–H groups in total. The van der Waals surface area contributed by atoms with Crippen LogP contribution in [0.1, 0.15) is 33.0 Å². The van der Waals surface area contributed by atoms with Crippen LogP contribution in [-0.4, -0.2) is 17.4 Å². The van der Waals surface area contributed by atoms with Crippen molar-refractivity contribution in [2.75, 3.05) is 0 Å². The van der Waals surface area contributed by atoms with Crippen LogP contribution in [-0.2, 0) is 11.2 Å². The molecule has 0 saturated heterocycles. The minimum absolute atomic E-state index is 0.216. The Morgan fingerprint density at radius 2 is 1.45 bits per heavy atom. The highest BCUT2D eigenvalue weighted by molar-refractivity contribution is 6.30. The molecule has 1 aliphatic rings. The molecule has 5 heteroatoms. The fourth-order valence-corrected chi connectivity index (χ4v) is 5.53. The van der Waals surface area contributed by atoms with Crippen molar-refractivity contribution in [1.29, 1.82) is 0 Å². The molecule has 1 amide bonds. The molecular weight excluding hydrogens is 494 g/mol. The number of nitrogens with one attached hydrogen (secondary N) is 1. The van der Waals surface area contributed by atoms with E-state index in [9.17, 15) is 9.59 Å². The van der Waals surface area contributed by atoms with Crippen molar-refractivity contribution in [3.8, 4) is 5.75 Å². The summed E-state index contributed by atoms with van der Waals surface area (Å²) in [5.41, 5.74) is 1.65. The van der Waals surface area contributed by atoms with Gasteiger partial charge in [-0.05, 0) is 40.8 Å². The maximum absolute atomic E-state index is 14.3. The van der Waals surface area contributed by atoms with Gasteiger partial charge in [-0.2, -0.15) is 0 Å². The van der Waals surface area contributed by atoms with Crippen LogP contribution in [0.5, 0.6) is 5.75 Å². The monoisotopic (exact) mass is 517 g/mol. The summed E-state index contributed by atoms with van der Waals surface area (Å²) in [6.07, 6.45) is 0.216. The number of carbonyl (C=O) groups is 2. The lowest BCUT2D eigenvalue weighted by molar-refractivity contribution is -0.143. The molecule has 1 heterocycles. The van der Waals surface area contributed by atoms with Gasteiger partial charge in [0.25, 0.3) is 5.91 Å². The van der Waals surface area contributed by atoms with Crippen molar-refractivity contribution in [3.05, 3.63) is 149 Å². The normalized spacial score (nSPS) is 18.4. The van der Waals surface area contributed by atoms with Crippen LogP contribution in [0.2, 0.25) is 5.02 Å². The Kier molecular flexibility index (Phi) is 6.18. The van der Waals surface area contributed by atoms with Crippen molar-refractivity contribution < 1.29 is 14.3 Å². The quantitative estimate of drug-likeness (QED) is 0.202. The van der Waals surface area contributed by atoms with Gasteiger partial charge in [-0.3, -0.25) is 4.79 Å². The van der Waals surface area contributed by atoms with Crippen molar-refractivity contribution in [3.63, 3.8) is 0 Å². The SMILES string of the molecule is O=C(N[C@]1(Cc2ccc(Cl)cc2)C(=O)Oc2c(ccc3ccccc23)[C@@H]1c1ccccc1)c1ccccc1. The Labute approximate surface area is 225 Å². The van der Waals surface area contributed by atoms with E-state index >= 15 is 0 Å². The molecule has 0 unspecified atom stereocenters. The summed E-state index contributed by atoms with van der Waals surface area (Å²) in [4.78, 5) is 28.0. The Balaban J connectivity index is 1.59. The summed E-state index contributed by atoms with van der Waals surface area (Å²) in [5.74, 6) is -0.827. The molecule has 0 spiro atoms. The average molecular weight is 518 g/mol. The average Bonchev–Trinajstić information content (AvgIpc) is 2.96. The summed E-state index contributed by atoms with van der Waals surface area (Å²) in [6.45, 7) is 0. The van der Waals surface area contributed by atoms with E-state index < -0.39 is 17.4 Å². The van der Waals surface area contributed by atoms with Crippen LogP contribution < -0.4 is 10.1 Å². The molecule has 6 rings (SSSR count).